The fourth-order valence-electron chi connectivity index (χ4n) is 2.45. The van der Waals surface area contributed by atoms with E-state index in [1.807, 2.05) is 0 Å². The maximum absolute atomic E-state index is 5.62. The normalized spacial score (nSPS) is 19.1. The first-order valence-corrected chi connectivity index (χ1v) is 7.24. The minimum absolute atomic E-state index is 0.0245. The van der Waals surface area contributed by atoms with Gasteiger partial charge in [-0.2, -0.15) is 0 Å². The number of rotatable bonds is 3. The highest BCUT2D eigenvalue weighted by Gasteiger charge is 2.33. The number of allylic oxidation sites excluding steroid dienone is 2. The Bertz CT molecular complexity index is 516. The summed E-state index contributed by atoms with van der Waals surface area (Å²) >= 11 is 3.59. The predicted octanol–water partition coefficient (Wildman–Crippen LogP) is 4.56. The van der Waals surface area contributed by atoms with Crippen molar-refractivity contribution in [2.24, 2.45) is 0 Å². The van der Waals surface area contributed by atoms with E-state index in [2.05, 4.69) is 67.9 Å². The number of benzene rings is 1. The minimum atomic E-state index is 0.0245. The molecule has 0 atom stereocenters. The summed E-state index contributed by atoms with van der Waals surface area (Å²) in [5.41, 5.74) is 2.73. The molecule has 0 unspecified atom stereocenters. The molecule has 0 fully saturated rings. The molecule has 2 nitrogen and oxygen atoms in total. The Morgan fingerprint density at radius 3 is 2.05 bits per heavy atom. The second-order valence-corrected chi connectivity index (χ2v) is 7.01. The summed E-state index contributed by atoms with van der Waals surface area (Å²) < 4.78 is 11.6. The lowest BCUT2D eigenvalue weighted by molar-refractivity contribution is 0.0504. The molecule has 19 heavy (non-hydrogen) atoms. The van der Waals surface area contributed by atoms with Crippen LogP contribution in [0, 0.1) is 0 Å². The van der Waals surface area contributed by atoms with Gasteiger partial charge in [-0.3, -0.25) is 0 Å². The summed E-state index contributed by atoms with van der Waals surface area (Å²) in [5.74, 6) is 0.833. The van der Waals surface area contributed by atoms with E-state index in [0.29, 0.717) is 0 Å². The molecule has 0 radical (unpaired) electrons. The van der Waals surface area contributed by atoms with Crippen LogP contribution in [0.4, 0.5) is 0 Å². The quantitative estimate of drug-likeness (QED) is 0.599. The molecule has 0 amide bonds. The Hall–Kier alpha value is -0.800. The molecular formula is C16H21BrO2. The van der Waals surface area contributed by atoms with Crippen LogP contribution < -0.4 is 4.74 Å². The van der Waals surface area contributed by atoms with Crippen LogP contribution >= 0.6 is 15.9 Å². The molecule has 0 aliphatic heterocycles. The minimum Gasteiger partial charge on any atom is -0.466 e. The number of ether oxygens (including phenoxy) is 2. The first kappa shape index (κ1) is 14.6. The largest absolute Gasteiger partial charge is 0.466 e. The zero-order valence-electron chi connectivity index (χ0n) is 12.2. The molecule has 1 aliphatic carbocycles. The molecule has 0 heterocycles. The van der Waals surface area contributed by atoms with E-state index >= 15 is 0 Å². The molecule has 3 heteroatoms. The van der Waals surface area contributed by atoms with E-state index in [-0.39, 0.29) is 17.6 Å². The van der Waals surface area contributed by atoms with Crippen LogP contribution in [-0.2, 0) is 15.6 Å². The van der Waals surface area contributed by atoms with Crippen LogP contribution in [-0.4, -0.2) is 13.9 Å². The molecule has 0 spiro atoms. The lowest BCUT2D eigenvalue weighted by Crippen LogP contribution is -2.29. The molecule has 0 N–H and O–H groups in total. The van der Waals surface area contributed by atoms with E-state index < -0.39 is 0 Å². The average molecular weight is 325 g/mol. The van der Waals surface area contributed by atoms with Gasteiger partial charge in [0.25, 0.3) is 0 Å². The Balaban J connectivity index is 2.55. The van der Waals surface area contributed by atoms with Gasteiger partial charge in [0.15, 0.2) is 6.79 Å². The second-order valence-electron chi connectivity index (χ2n) is 6.16. The standard InChI is InChI=1S/C16H21BrO2/c1-15(2)6-7-16(3,4)12-9-14(19-10-18-5)13(17)8-11(12)15/h6-9H,10H2,1-5H3. The van der Waals surface area contributed by atoms with Gasteiger partial charge in [-0.05, 0) is 39.2 Å². The fourth-order valence-corrected chi connectivity index (χ4v) is 2.91. The molecule has 1 aliphatic rings. The molecular weight excluding hydrogens is 304 g/mol. The highest BCUT2D eigenvalue weighted by molar-refractivity contribution is 9.10. The number of fused-ring (bicyclic) bond motifs is 1. The zero-order chi connectivity index (χ0) is 14.3. The lowest BCUT2D eigenvalue weighted by atomic mass is 9.68. The highest BCUT2D eigenvalue weighted by Crippen LogP contribution is 2.44. The third kappa shape index (κ3) is 2.72. The van der Waals surface area contributed by atoms with Crippen LogP contribution in [0.3, 0.4) is 0 Å². The number of hydrogen-bond donors (Lipinski definition) is 0. The van der Waals surface area contributed by atoms with E-state index in [1.165, 1.54) is 11.1 Å². The van der Waals surface area contributed by atoms with Crippen LogP contribution in [0.1, 0.15) is 38.8 Å². The van der Waals surface area contributed by atoms with Gasteiger partial charge < -0.3 is 9.47 Å². The summed E-state index contributed by atoms with van der Waals surface area (Å²) in [7, 11) is 1.63. The Kier molecular flexibility index (Phi) is 3.80. The Labute approximate surface area is 123 Å². The topological polar surface area (TPSA) is 18.5 Å². The third-order valence-electron chi connectivity index (χ3n) is 3.71. The smallest absolute Gasteiger partial charge is 0.188 e. The van der Waals surface area contributed by atoms with Crippen molar-refractivity contribution in [3.8, 4) is 5.75 Å². The molecule has 0 saturated carbocycles. The summed E-state index contributed by atoms with van der Waals surface area (Å²) in [6, 6.07) is 4.30. The molecule has 1 aromatic carbocycles. The van der Waals surface area contributed by atoms with Gasteiger partial charge in [0.1, 0.15) is 5.75 Å². The van der Waals surface area contributed by atoms with Gasteiger partial charge in [-0.1, -0.05) is 39.8 Å². The summed E-state index contributed by atoms with van der Waals surface area (Å²) in [4.78, 5) is 0. The SMILES string of the molecule is COCOc1cc2c(cc1Br)C(C)(C)C=CC2(C)C. The average Bonchev–Trinajstić information content (AvgIpc) is 2.33. The van der Waals surface area contributed by atoms with E-state index in [0.717, 1.165) is 10.2 Å². The third-order valence-corrected chi connectivity index (χ3v) is 4.33. The van der Waals surface area contributed by atoms with Gasteiger partial charge >= 0.3 is 0 Å². The van der Waals surface area contributed by atoms with Crippen LogP contribution in [0.2, 0.25) is 0 Å². The summed E-state index contributed by atoms with van der Waals surface area (Å²) in [6.07, 6.45) is 4.57. The molecule has 0 bridgehead atoms. The van der Waals surface area contributed by atoms with Gasteiger partial charge in [0.2, 0.25) is 0 Å². The summed E-state index contributed by atoms with van der Waals surface area (Å²) in [5, 5.41) is 0. The van der Waals surface area contributed by atoms with Crippen molar-refractivity contribution in [3.63, 3.8) is 0 Å². The Morgan fingerprint density at radius 1 is 1.00 bits per heavy atom. The van der Waals surface area contributed by atoms with Gasteiger partial charge in [0.05, 0.1) is 4.47 Å². The molecule has 1 aromatic rings. The molecule has 0 aromatic heterocycles. The van der Waals surface area contributed by atoms with Gasteiger partial charge in [-0.25, -0.2) is 0 Å². The highest BCUT2D eigenvalue weighted by atomic mass is 79.9. The Morgan fingerprint density at radius 2 is 1.53 bits per heavy atom. The zero-order valence-corrected chi connectivity index (χ0v) is 13.8. The predicted molar refractivity (Wildman–Crippen MR) is 81.8 cm³/mol. The van der Waals surface area contributed by atoms with Crippen molar-refractivity contribution in [2.75, 3.05) is 13.9 Å². The van der Waals surface area contributed by atoms with E-state index in [4.69, 9.17) is 9.47 Å². The van der Waals surface area contributed by atoms with Gasteiger partial charge in [-0.15, -0.1) is 0 Å². The van der Waals surface area contributed by atoms with Crippen molar-refractivity contribution < 1.29 is 9.47 Å². The van der Waals surface area contributed by atoms with Crippen molar-refractivity contribution in [1.29, 1.82) is 0 Å². The lowest BCUT2D eigenvalue weighted by Gasteiger charge is -2.37. The first-order chi connectivity index (χ1) is 8.78. The maximum atomic E-state index is 5.62. The second kappa shape index (κ2) is 4.95. The molecule has 2 rings (SSSR count). The van der Waals surface area contributed by atoms with Crippen LogP contribution in [0.25, 0.3) is 0 Å². The van der Waals surface area contributed by atoms with Crippen LogP contribution in [0.5, 0.6) is 5.75 Å². The van der Waals surface area contributed by atoms with Crippen molar-refractivity contribution in [2.45, 2.75) is 38.5 Å². The van der Waals surface area contributed by atoms with Crippen molar-refractivity contribution in [3.05, 3.63) is 39.9 Å². The van der Waals surface area contributed by atoms with E-state index in [1.54, 1.807) is 7.11 Å². The molecule has 0 saturated heterocycles. The number of halogens is 1. The first-order valence-electron chi connectivity index (χ1n) is 6.44. The van der Waals surface area contributed by atoms with Gasteiger partial charge in [0, 0.05) is 17.9 Å². The molecule has 104 valence electrons. The summed E-state index contributed by atoms with van der Waals surface area (Å²) in [6.45, 7) is 9.19. The fraction of sp³-hybridized carbons (Fsp3) is 0.500. The monoisotopic (exact) mass is 324 g/mol. The number of hydrogen-bond acceptors (Lipinski definition) is 2. The number of methoxy groups -OCH3 is 1. The van der Waals surface area contributed by atoms with E-state index in [9.17, 15) is 0 Å². The van der Waals surface area contributed by atoms with Crippen molar-refractivity contribution in [1.82, 2.24) is 0 Å². The van der Waals surface area contributed by atoms with Crippen molar-refractivity contribution >= 4 is 15.9 Å². The maximum Gasteiger partial charge on any atom is 0.188 e. The van der Waals surface area contributed by atoms with Crippen LogP contribution in [0.15, 0.2) is 28.8 Å².